The maximum absolute atomic E-state index is 12.3. The van der Waals surface area contributed by atoms with Crippen molar-refractivity contribution in [2.45, 2.75) is 25.7 Å². The minimum atomic E-state index is -0.792. The molecule has 0 aliphatic heterocycles. The zero-order valence-corrected chi connectivity index (χ0v) is 14.0. The fourth-order valence-electron chi connectivity index (χ4n) is 2.87. The number of ether oxygens (including phenoxy) is 1. The number of carbonyl (C=O) groups is 2. The molecule has 0 saturated heterocycles. The fourth-order valence-corrected chi connectivity index (χ4v) is 3.00. The highest BCUT2D eigenvalue weighted by atomic mass is 35.5. The van der Waals surface area contributed by atoms with E-state index in [0.29, 0.717) is 37.4 Å². The highest BCUT2D eigenvalue weighted by Gasteiger charge is 2.34. The number of rotatable bonds is 7. The quantitative estimate of drug-likeness (QED) is 0.775. The van der Waals surface area contributed by atoms with Gasteiger partial charge in [-0.05, 0) is 49.9 Å². The second kappa shape index (κ2) is 8.20. The number of aliphatic carboxylic acids is 1. The Morgan fingerprint density at radius 3 is 2.52 bits per heavy atom. The van der Waals surface area contributed by atoms with Crippen LogP contribution in [0.3, 0.4) is 0 Å². The molecule has 126 valence electrons. The number of halogens is 1. The van der Waals surface area contributed by atoms with Gasteiger partial charge in [0.15, 0.2) is 0 Å². The maximum atomic E-state index is 12.3. The summed E-state index contributed by atoms with van der Waals surface area (Å²) in [7, 11) is 1.76. The van der Waals surface area contributed by atoms with Crippen molar-refractivity contribution in [3.05, 3.63) is 29.3 Å². The van der Waals surface area contributed by atoms with E-state index in [9.17, 15) is 9.59 Å². The molecular weight excluding hydrogens is 318 g/mol. The zero-order valence-electron chi connectivity index (χ0n) is 13.2. The first kappa shape index (κ1) is 17.6. The summed E-state index contributed by atoms with van der Waals surface area (Å²) in [4.78, 5) is 24.9. The predicted octanol–water partition coefficient (Wildman–Crippen LogP) is 3.07. The smallest absolute Gasteiger partial charge is 0.306 e. The van der Waals surface area contributed by atoms with Crippen molar-refractivity contribution >= 4 is 23.5 Å². The van der Waals surface area contributed by atoms with Crippen LogP contribution >= 0.6 is 11.6 Å². The summed E-state index contributed by atoms with van der Waals surface area (Å²) in [5.74, 6) is -0.521. The Bertz CT molecular complexity index is 546. The van der Waals surface area contributed by atoms with Gasteiger partial charge in [-0.25, -0.2) is 0 Å². The van der Waals surface area contributed by atoms with Crippen LogP contribution in [-0.2, 0) is 9.59 Å². The number of benzene rings is 1. The molecule has 1 aromatic rings. The Morgan fingerprint density at radius 1 is 1.26 bits per heavy atom. The van der Waals surface area contributed by atoms with Gasteiger partial charge in [0.05, 0.1) is 12.5 Å². The van der Waals surface area contributed by atoms with Crippen molar-refractivity contribution < 1.29 is 19.4 Å². The van der Waals surface area contributed by atoms with E-state index >= 15 is 0 Å². The molecule has 0 radical (unpaired) electrons. The van der Waals surface area contributed by atoms with Crippen molar-refractivity contribution in [2.24, 2.45) is 11.8 Å². The molecule has 23 heavy (non-hydrogen) atoms. The summed E-state index contributed by atoms with van der Waals surface area (Å²) in [5, 5.41) is 9.67. The van der Waals surface area contributed by atoms with E-state index < -0.39 is 5.97 Å². The number of amides is 1. The molecule has 1 aromatic carbocycles. The molecule has 0 spiro atoms. The molecule has 6 heteroatoms. The van der Waals surface area contributed by atoms with E-state index in [2.05, 4.69) is 0 Å². The average Bonchev–Trinajstić information content (AvgIpc) is 3.02. The standard InChI is InChI=1S/C17H22ClNO4/c1-19(16(20)12-3-4-13(11-12)17(21)22)9-2-10-23-15-7-5-14(18)6-8-15/h5-8,12-13H,2-4,9-11H2,1H3,(H,21,22)/t12-,13+/m1/s1. The van der Waals surface area contributed by atoms with E-state index in [0.717, 1.165) is 12.2 Å². The van der Waals surface area contributed by atoms with Gasteiger partial charge in [0.1, 0.15) is 5.75 Å². The van der Waals surface area contributed by atoms with Gasteiger partial charge in [-0.1, -0.05) is 11.6 Å². The summed E-state index contributed by atoms with van der Waals surface area (Å²) in [5.41, 5.74) is 0. The number of hydrogen-bond acceptors (Lipinski definition) is 3. The van der Waals surface area contributed by atoms with Gasteiger partial charge in [0.2, 0.25) is 5.91 Å². The number of hydrogen-bond donors (Lipinski definition) is 1. The Hall–Kier alpha value is -1.75. The third-order valence-corrected chi connectivity index (χ3v) is 4.48. The molecule has 5 nitrogen and oxygen atoms in total. The summed E-state index contributed by atoms with van der Waals surface area (Å²) < 4.78 is 5.59. The van der Waals surface area contributed by atoms with Crippen LogP contribution in [0.25, 0.3) is 0 Å². The Kier molecular flexibility index (Phi) is 6.28. The number of carboxylic acids is 1. The third kappa shape index (κ3) is 5.13. The zero-order chi connectivity index (χ0) is 16.8. The van der Waals surface area contributed by atoms with E-state index in [-0.39, 0.29) is 17.7 Å². The molecule has 1 N–H and O–H groups in total. The highest BCUT2D eigenvalue weighted by Crippen LogP contribution is 2.32. The van der Waals surface area contributed by atoms with Crippen LogP contribution in [0.4, 0.5) is 0 Å². The van der Waals surface area contributed by atoms with Crippen molar-refractivity contribution in [1.29, 1.82) is 0 Å². The Morgan fingerprint density at radius 2 is 1.91 bits per heavy atom. The average molecular weight is 340 g/mol. The lowest BCUT2D eigenvalue weighted by atomic mass is 10.0. The largest absolute Gasteiger partial charge is 0.494 e. The molecular formula is C17H22ClNO4. The number of carboxylic acid groups (broad SMARTS) is 1. The van der Waals surface area contributed by atoms with Crippen molar-refractivity contribution in [1.82, 2.24) is 4.90 Å². The van der Waals surface area contributed by atoms with Crippen LogP contribution in [-0.4, -0.2) is 42.1 Å². The second-order valence-corrected chi connectivity index (χ2v) is 6.40. The van der Waals surface area contributed by atoms with Crippen LogP contribution in [0.5, 0.6) is 5.75 Å². The minimum Gasteiger partial charge on any atom is -0.494 e. The van der Waals surface area contributed by atoms with Crippen molar-refractivity contribution in [2.75, 3.05) is 20.2 Å². The van der Waals surface area contributed by atoms with E-state index in [1.807, 2.05) is 12.1 Å². The van der Waals surface area contributed by atoms with Crippen LogP contribution in [0, 0.1) is 11.8 Å². The molecule has 1 aliphatic carbocycles. The van der Waals surface area contributed by atoms with Gasteiger partial charge in [-0.15, -0.1) is 0 Å². The molecule has 0 bridgehead atoms. The molecule has 0 heterocycles. The third-order valence-electron chi connectivity index (χ3n) is 4.23. The molecule has 0 unspecified atom stereocenters. The normalized spacial score (nSPS) is 20.3. The van der Waals surface area contributed by atoms with Gasteiger partial charge < -0.3 is 14.7 Å². The molecule has 2 atom stereocenters. The lowest BCUT2D eigenvalue weighted by Gasteiger charge is -2.21. The first-order valence-corrected chi connectivity index (χ1v) is 8.21. The molecule has 1 aliphatic rings. The molecule has 2 rings (SSSR count). The second-order valence-electron chi connectivity index (χ2n) is 5.96. The van der Waals surface area contributed by atoms with E-state index in [1.54, 1.807) is 24.1 Å². The number of nitrogens with zero attached hydrogens (tertiary/aromatic N) is 1. The summed E-state index contributed by atoms with van der Waals surface area (Å²) in [6.45, 7) is 1.11. The lowest BCUT2D eigenvalue weighted by Crippen LogP contribution is -2.33. The Balaban J connectivity index is 1.68. The number of carbonyl (C=O) groups excluding carboxylic acids is 1. The minimum absolute atomic E-state index is 0.0419. The lowest BCUT2D eigenvalue weighted by molar-refractivity contribution is -0.141. The fraction of sp³-hybridized carbons (Fsp3) is 0.529. The van der Waals surface area contributed by atoms with Crippen molar-refractivity contribution in [3.63, 3.8) is 0 Å². The van der Waals surface area contributed by atoms with Gasteiger partial charge >= 0.3 is 5.97 Å². The first-order chi connectivity index (χ1) is 11.0. The highest BCUT2D eigenvalue weighted by molar-refractivity contribution is 6.30. The summed E-state index contributed by atoms with van der Waals surface area (Å²) in [6.07, 6.45) is 2.44. The molecule has 0 aromatic heterocycles. The monoisotopic (exact) mass is 339 g/mol. The molecule has 1 amide bonds. The molecule has 1 saturated carbocycles. The summed E-state index contributed by atoms with van der Waals surface area (Å²) in [6, 6.07) is 7.15. The van der Waals surface area contributed by atoms with E-state index in [4.69, 9.17) is 21.4 Å². The maximum Gasteiger partial charge on any atom is 0.306 e. The first-order valence-electron chi connectivity index (χ1n) is 7.83. The predicted molar refractivity (Wildman–Crippen MR) is 87.7 cm³/mol. The van der Waals surface area contributed by atoms with Gasteiger partial charge in [-0.2, -0.15) is 0 Å². The molecule has 1 fully saturated rings. The van der Waals surface area contributed by atoms with Gasteiger partial charge in [-0.3, -0.25) is 9.59 Å². The topological polar surface area (TPSA) is 66.8 Å². The SMILES string of the molecule is CN(CCCOc1ccc(Cl)cc1)C(=O)[C@@H]1CC[C@H](C(=O)O)C1. The van der Waals surface area contributed by atoms with Crippen LogP contribution in [0.2, 0.25) is 5.02 Å². The van der Waals surface area contributed by atoms with Gasteiger partial charge in [0.25, 0.3) is 0 Å². The van der Waals surface area contributed by atoms with Crippen LogP contribution in [0.1, 0.15) is 25.7 Å². The summed E-state index contributed by atoms with van der Waals surface area (Å²) >= 11 is 5.80. The van der Waals surface area contributed by atoms with E-state index in [1.165, 1.54) is 0 Å². The van der Waals surface area contributed by atoms with Gasteiger partial charge in [0, 0.05) is 24.5 Å². The van der Waals surface area contributed by atoms with Crippen LogP contribution < -0.4 is 4.74 Å². The van der Waals surface area contributed by atoms with Crippen LogP contribution in [0.15, 0.2) is 24.3 Å². The Labute approximate surface area is 141 Å². The van der Waals surface area contributed by atoms with Crippen molar-refractivity contribution in [3.8, 4) is 5.75 Å².